The van der Waals surface area contributed by atoms with Crippen LogP contribution in [0, 0.1) is 13.8 Å². The van der Waals surface area contributed by atoms with E-state index in [1.807, 2.05) is 13.8 Å². The first kappa shape index (κ1) is 65.9. The van der Waals surface area contributed by atoms with Crippen molar-refractivity contribution in [3.63, 3.8) is 0 Å². The number of ketones is 1. The van der Waals surface area contributed by atoms with Gasteiger partial charge in [-0.25, -0.2) is 9.59 Å². The quantitative estimate of drug-likeness (QED) is 0.00852. The molecule has 22 nitrogen and oxygen atoms in total. The first-order chi connectivity index (χ1) is 28.4. The standard InChI is InChI=1S/C12H10O5.C10H8O3.C6H10O3.C6H6O2.C2H3ClO2.CH2O3.2K.H2O4S.H/c1-7-5-12(13)16-11-6-9(3-4-10(7)11)15-8(2)17-14;1-6-4-10(12)13-9-5-7(11)2-3-8(6)9;1-3-9-6(8)4-5(2)7;7-5-2-1-3-6(8)4-5;3-1-2(4)5;2-1-4-3;;;1-5(2,3)4;/h3-6,14H,2H2,1H3;2-5,11H,1H3;3-4H2,1-2H3;1-4,7-8H;1H2,(H,4,5);1,3H;;;(H2,1,2,3,4);/q;;;;;;2*+1;;-1/p-1. The van der Waals surface area contributed by atoms with Crippen molar-refractivity contribution in [1.82, 2.24) is 0 Å². The van der Waals surface area contributed by atoms with Crippen LogP contribution in [-0.4, -0.2) is 79.9 Å². The van der Waals surface area contributed by atoms with E-state index in [4.69, 9.17) is 78.4 Å². The molecule has 2 heterocycles. The molecule has 0 aliphatic heterocycles. The summed E-state index contributed by atoms with van der Waals surface area (Å²) < 4.78 is 51.0. The third kappa shape index (κ3) is 35.3. The largest absolute Gasteiger partial charge is 1.00 e. The van der Waals surface area contributed by atoms with E-state index in [1.54, 1.807) is 37.3 Å². The fourth-order valence-corrected chi connectivity index (χ4v) is 3.74. The molecule has 336 valence electrons. The summed E-state index contributed by atoms with van der Waals surface area (Å²) in [6, 6.07) is 18.3. The average molecular weight is 983 g/mol. The number of alkyl halides is 1. The second kappa shape index (κ2) is 36.6. The number of ether oxygens (including phenoxy) is 2. The summed E-state index contributed by atoms with van der Waals surface area (Å²) in [6.07, 6.45) is -0.103. The van der Waals surface area contributed by atoms with Crippen LogP contribution in [0.5, 0.6) is 23.0 Å². The minimum Gasteiger partial charge on any atom is -1.00 e. The van der Waals surface area contributed by atoms with Gasteiger partial charge in [0.05, 0.1) is 6.61 Å². The number of benzene rings is 3. The minimum absolute atomic E-state index is 0. The smallest absolute Gasteiger partial charge is 1.00 e. The SMILES string of the molecule is C=C(OO)Oc1ccc2c(C)cc(=O)oc2c1.CCOC(=O)CC(C)=O.Cc1cc(=O)oc2cc(O)ccc12.O=C(O)CCl.O=CO[O-].O=S(=O)(O)O.Oc1cccc(O)c1.[H-].[K+].[K+]. The third-order valence-electron chi connectivity index (χ3n) is 5.87. The van der Waals surface area contributed by atoms with Gasteiger partial charge in [0.25, 0.3) is 6.47 Å². The molecule has 26 heteroatoms. The summed E-state index contributed by atoms with van der Waals surface area (Å²) in [6.45, 7) is 10.2. The zero-order valence-corrected chi connectivity index (χ0v) is 42.2. The molecule has 0 saturated carbocycles. The van der Waals surface area contributed by atoms with Gasteiger partial charge in [-0.2, -0.15) is 13.7 Å². The molecule has 0 amide bonds. The number of carboxylic acid groups (broad SMARTS) is 1. The van der Waals surface area contributed by atoms with Gasteiger partial charge >= 0.3 is 142 Å². The number of aromatic hydroxyl groups is 3. The van der Waals surface area contributed by atoms with Crippen molar-refractivity contribution in [3.05, 3.63) is 117 Å². The average Bonchev–Trinajstić information content (AvgIpc) is 3.14. The summed E-state index contributed by atoms with van der Waals surface area (Å²) in [5.41, 5.74) is 1.68. The molecule has 3 aromatic carbocycles. The molecule has 0 spiro atoms. The normalized spacial score (nSPS) is 9.16. The van der Waals surface area contributed by atoms with Crippen molar-refractivity contribution < 1.29 is 200 Å². The van der Waals surface area contributed by atoms with Crippen LogP contribution in [0.4, 0.5) is 0 Å². The molecule has 0 saturated heterocycles. The van der Waals surface area contributed by atoms with Gasteiger partial charge < -0.3 is 55.2 Å². The van der Waals surface area contributed by atoms with Gasteiger partial charge in [-0.3, -0.25) is 28.3 Å². The summed E-state index contributed by atoms with van der Waals surface area (Å²) in [5.74, 6) is -1.52. The van der Waals surface area contributed by atoms with Gasteiger partial charge in [0, 0.05) is 41.1 Å². The number of halogens is 1. The van der Waals surface area contributed by atoms with Crippen molar-refractivity contribution in [3.8, 4) is 23.0 Å². The Bertz CT molecular complexity index is 2400. The Morgan fingerprint density at radius 1 is 0.841 bits per heavy atom. The van der Waals surface area contributed by atoms with Crippen molar-refractivity contribution in [2.24, 2.45) is 0 Å². The molecule has 0 bridgehead atoms. The molecule has 7 N–H and O–H groups in total. The van der Waals surface area contributed by atoms with Gasteiger partial charge in [-0.1, -0.05) is 6.07 Å². The van der Waals surface area contributed by atoms with E-state index < -0.39 is 33.6 Å². The summed E-state index contributed by atoms with van der Waals surface area (Å²) in [5, 5.41) is 52.4. The second-order valence-electron chi connectivity index (χ2n) is 10.8. The predicted molar refractivity (Wildman–Crippen MR) is 212 cm³/mol. The fraction of sp³-hybridized carbons (Fsp3) is 0.189. The number of Topliss-reactive ketones (excluding diaryl/α,β-unsaturated/α-hetero) is 1. The Labute approximate surface area is 449 Å². The first-order valence-electron chi connectivity index (χ1n) is 16.2. The molecular formula is C37H41ClK2O22S. The molecule has 0 radical (unpaired) electrons. The molecule has 0 aliphatic rings. The Morgan fingerprint density at radius 2 is 1.25 bits per heavy atom. The summed E-state index contributed by atoms with van der Waals surface area (Å²) in [7, 11) is -4.67. The molecule has 0 aliphatic carbocycles. The number of esters is 1. The topological polar surface area (TPSA) is 364 Å². The van der Waals surface area contributed by atoms with E-state index in [0.29, 0.717) is 23.5 Å². The molecule has 5 rings (SSSR count). The van der Waals surface area contributed by atoms with E-state index >= 15 is 0 Å². The van der Waals surface area contributed by atoms with Crippen LogP contribution < -0.4 is 124 Å². The molecule has 0 fully saturated rings. The molecule has 0 unspecified atom stereocenters. The maximum absolute atomic E-state index is 11.2. The number of hydrogen-bond donors (Lipinski definition) is 7. The number of carbonyl (C=O) groups excluding carboxylic acids is 3. The number of fused-ring (bicyclic) bond motifs is 2. The number of aliphatic carboxylic acids is 1. The van der Waals surface area contributed by atoms with Gasteiger partial charge in [0.15, 0.2) is 0 Å². The van der Waals surface area contributed by atoms with Crippen LogP contribution in [0.1, 0.15) is 32.8 Å². The number of rotatable bonds is 8. The number of hydrogen-bond acceptors (Lipinski definition) is 19. The first-order valence-corrected chi connectivity index (χ1v) is 18.1. The minimum atomic E-state index is -4.67. The van der Waals surface area contributed by atoms with Crippen LogP contribution in [0.15, 0.2) is 104 Å². The number of phenols is 3. The molecule has 2 aromatic heterocycles. The van der Waals surface area contributed by atoms with Crippen molar-refractivity contribution in [1.29, 1.82) is 0 Å². The van der Waals surface area contributed by atoms with Crippen LogP contribution in [0.25, 0.3) is 21.9 Å². The van der Waals surface area contributed by atoms with E-state index in [-0.39, 0.29) is 152 Å². The van der Waals surface area contributed by atoms with E-state index in [0.717, 1.165) is 21.9 Å². The number of phenolic OH excluding ortho intramolecular Hbond substituents is 3. The number of carboxylic acids is 1. The van der Waals surface area contributed by atoms with Gasteiger partial charge in [-0.05, 0) is 81.8 Å². The maximum Gasteiger partial charge on any atom is 1.00 e. The van der Waals surface area contributed by atoms with E-state index in [9.17, 15) is 24.0 Å². The second-order valence-corrected chi connectivity index (χ2v) is 11.9. The van der Waals surface area contributed by atoms with Crippen LogP contribution in [-0.2, 0) is 44.1 Å². The predicted octanol–water partition coefficient (Wildman–Crippen LogP) is -1.91. The van der Waals surface area contributed by atoms with Gasteiger partial charge in [-0.15, -0.1) is 11.6 Å². The Hall–Kier alpha value is -3.75. The number of aryl methyl sites for hydroxylation is 2. The Kier molecular flexibility index (Phi) is 38.2. The third-order valence-corrected chi connectivity index (χ3v) is 6.10. The van der Waals surface area contributed by atoms with Crippen LogP contribution in [0.3, 0.4) is 0 Å². The molecule has 0 atom stereocenters. The number of carbonyl (C=O) groups is 4. The summed E-state index contributed by atoms with van der Waals surface area (Å²) >= 11 is 4.74. The van der Waals surface area contributed by atoms with Gasteiger partial charge in [0.2, 0.25) is 0 Å². The maximum atomic E-state index is 11.2. The van der Waals surface area contributed by atoms with E-state index in [1.165, 1.54) is 49.4 Å². The van der Waals surface area contributed by atoms with Gasteiger partial charge in [0.1, 0.15) is 52.2 Å². The zero-order chi connectivity index (χ0) is 47.3. The Balaban J connectivity index is -0.000000223. The molecule has 5 aromatic rings. The monoisotopic (exact) mass is 982 g/mol. The van der Waals surface area contributed by atoms with Crippen LogP contribution in [0.2, 0.25) is 0 Å². The van der Waals surface area contributed by atoms with Crippen molar-refractivity contribution in [2.75, 3.05) is 12.5 Å². The Morgan fingerprint density at radius 3 is 1.60 bits per heavy atom. The van der Waals surface area contributed by atoms with Crippen molar-refractivity contribution in [2.45, 2.75) is 34.1 Å². The summed E-state index contributed by atoms with van der Waals surface area (Å²) in [4.78, 5) is 67.1. The van der Waals surface area contributed by atoms with Crippen LogP contribution >= 0.6 is 11.6 Å². The molecular weight excluding hydrogens is 942 g/mol. The fourth-order valence-electron chi connectivity index (χ4n) is 3.74. The zero-order valence-electron chi connectivity index (χ0n) is 35.4. The molecule has 63 heavy (non-hydrogen) atoms. The van der Waals surface area contributed by atoms with Crippen molar-refractivity contribution >= 4 is 68.1 Å². The van der Waals surface area contributed by atoms with E-state index in [2.05, 4.69) is 21.1 Å².